The van der Waals surface area contributed by atoms with Crippen LogP contribution in [0.3, 0.4) is 0 Å². The molecule has 1 unspecified atom stereocenters. The lowest BCUT2D eigenvalue weighted by molar-refractivity contribution is 0.115. The number of rotatable bonds is 7. The minimum absolute atomic E-state index is 0.0162. The van der Waals surface area contributed by atoms with Crippen molar-refractivity contribution in [2.75, 3.05) is 35.5 Å². The first-order valence-corrected chi connectivity index (χ1v) is 7.41. The molecule has 0 rings (SSSR count). The van der Waals surface area contributed by atoms with Gasteiger partial charge in [0.15, 0.2) is 0 Å². The highest BCUT2D eigenvalue weighted by molar-refractivity contribution is 6.76. The third kappa shape index (κ3) is 2.86. The van der Waals surface area contributed by atoms with Crippen molar-refractivity contribution in [3.8, 4) is 0 Å². The molecule has 0 saturated heterocycles. The zero-order valence-corrected chi connectivity index (χ0v) is 11.6. The van der Waals surface area contributed by atoms with Crippen LogP contribution in [0.2, 0.25) is 5.16 Å². The molecule has 0 bridgehead atoms. The Morgan fingerprint density at radius 1 is 0.857 bits per heavy atom. The largest absolute Gasteiger partial charge is 0.504 e. The molecule has 85 valence electrons. The second kappa shape index (κ2) is 6.67. The molecule has 1 radical (unpaired) electrons. The lowest BCUT2D eigenvalue weighted by Crippen LogP contribution is -2.52. The Bertz CT molecular complexity index is 141. The molecule has 0 spiro atoms. The Kier molecular flexibility index (Phi) is 6.78. The van der Waals surface area contributed by atoms with Gasteiger partial charge in [-0.1, -0.05) is 6.92 Å². The van der Waals surface area contributed by atoms with Crippen molar-refractivity contribution in [2.45, 2.75) is 12.1 Å². The van der Waals surface area contributed by atoms with Crippen LogP contribution in [0.15, 0.2) is 0 Å². The van der Waals surface area contributed by atoms with E-state index < -0.39 is 18.1 Å². The minimum Gasteiger partial charge on any atom is -0.397 e. The van der Waals surface area contributed by atoms with Gasteiger partial charge in [0.1, 0.15) is 0 Å². The summed E-state index contributed by atoms with van der Waals surface area (Å²) in [5.74, 6) is 0. The van der Waals surface area contributed by atoms with Crippen LogP contribution in [0.25, 0.3) is 0 Å². The molecule has 7 heteroatoms. The van der Waals surface area contributed by atoms with Crippen molar-refractivity contribution in [2.24, 2.45) is 0 Å². The van der Waals surface area contributed by atoms with E-state index in [4.69, 9.17) is 22.1 Å². The van der Waals surface area contributed by atoms with Crippen molar-refractivity contribution in [1.29, 1.82) is 0 Å². The van der Waals surface area contributed by atoms with E-state index in [2.05, 4.69) is 0 Å². The van der Waals surface area contributed by atoms with Crippen LogP contribution in [-0.2, 0) is 22.1 Å². The Labute approximate surface area is 88.5 Å². The zero-order valence-electron chi connectivity index (χ0n) is 9.62. The Hall–Kier alpha value is 0.234. The fourth-order valence-corrected chi connectivity index (χ4v) is 6.72. The summed E-state index contributed by atoms with van der Waals surface area (Å²) in [6, 6.07) is 0. The van der Waals surface area contributed by atoms with E-state index in [9.17, 15) is 0 Å². The van der Waals surface area contributed by atoms with Crippen molar-refractivity contribution in [3.05, 3.63) is 0 Å². The van der Waals surface area contributed by atoms with Crippen LogP contribution in [0.4, 0.5) is 0 Å². The molecule has 0 aliphatic carbocycles. The molecule has 0 aromatic heterocycles. The first-order valence-electron chi connectivity index (χ1n) is 4.22. The molecule has 0 N–H and O–H groups in total. The second-order valence-corrected chi connectivity index (χ2v) is 8.86. The normalized spacial score (nSPS) is 14.8. The van der Waals surface area contributed by atoms with Crippen LogP contribution < -0.4 is 0 Å². The highest BCUT2D eigenvalue weighted by Gasteiger charge is 2.51. The smallest absolute Gasteiger partial charge is 0.397 e. The predicted octanol–water partition coefficient (Wildman–Crippen LogP) is 0.575. The van der Waals surface area contributed by atoms with Crippen molar-refractivity contribution in [1.82, 2.24) is 0 Å². The van der Waals surface area contributed by atoms with Gasteiger partial charge >= 0.3 is 18.1 Å². The zero-order chi connectivity index (χ0) is 11.2. The standard InChI is InChI=1S/C7H19O5Si2/c1-7(13(8-2)9-3)14(10-4,11-5)12-6/h7H,1-6H3. The van der Waals surface area contributed by atoms with Crippen LogP contribution in [-0.4, -0.2) is 53.6 Å². The topological polar surface area (TPSA) is 46.2 Å². The minimum atomic E-state index is -2.63. The summed E-state index contributed by atoms with van der Waals surface area (Å²) in [4.78, 5) is 0. The van der Waals surface area contributed by atoms with Gasteiger partial charge in [-0.05, 0) is 0 Å². The predicted molar refractivity (Wildman–Crippen MR) is 56.0 cm³/mol. The fourth-order valence-electron chi connectivity index (χ4n) is 1.36. The lowest BCUT2D eigenvalue weighted by Gasteiger charge is -2.31. The van der Waals surface area contributed by atoms with Gasteiger partial charge in [-0.3, -0.25) is 0 Å². The number of hydrogen-bond acceptors (Lipinski definition) is 5. The van der Waals surface area contributed by atoms with E-state index in [1.54, 1.807) is 35.5 Å². The summed E-state index contributed by atoms with van der Waals surface area (Å²) in [5.41, 5.74) is 0. The summed E-state index contributed by atoms with van der Waals surface area (Å²) in [5, 5.41) is 0.0162. The molecule has 0 heterocycles. The maximum atomic E-state index is 5.34. The lowest BCUT2D eigenvalue weighted by atomic mass is 10.9. The summed E-state index contributed by atoms with van der Waals surface area (Å²) < 4.78 is 26.5. The van der Waals surface area contributed by atoms with Crippen LogP contribution in [0, 0.1) is 0 Å². The summed E-state index contributed by atoms with van der Waals surface area (Å²) >= 11 is 0. The highest BCUT2D eigenvalue weighted by atomic mass is 28.4. The van der Waals surface area contributed by atoms with E-state index in [0.717, 1.165) is 0 Å². The van der Waals surface area contributed by atoms with Crippen molar-refractivity contribution in [3.63, 3.8) is 0 Å². The van der Waals surface area contributed by atoms with Gasteiger partial charge in [-0.15, -0.1) is 0 Å². The van der Waals surface area contributed by atoms with Crippen LogP contribution >= 0.6 is 0 Å². The third-order valence-electron chi connectivity index (χ3n) is 2.14. The summed E-state index contributed by atoms with van der Waals surface area (Å²) in [6.45, 7) is 1.96. The molecule has 0 amide bonds. The third-order valence-corrected chi connectivity index (χ3v) is 8.19. The van der Waals surface area contributed by atoms with Crippen molar-refractivity contribution < 1.29 is 22.1 Å². The maximum Gasteiger partial charge on any atom is 0.504 e. The van der Waals surface area contributed by atoms with Gasteiger partial charge in [-0.2, -0.15) is 0 Å². The second-order valence-electron chi connectivity index (χ2n) is 2.66. The van der Waals surface area contributed by atoms with E-state index in [0.29, 0.717) is 0 Å². The molecule has 5 nitrogen and oxygen atoms in total. The Morgan fingerprint density at radius 2 is 1.21 bits per heavy atom. The molecular weight excluding hydrogens is 220 g/mol. The molecule has 0 aliphatic rings. The quantitative estimate of drug-likeness (QED) is 0.608. The van der Waals surface area contributed by atoms with E-state index in [1.165, 1.54) is 0 Å². The van der Waals surface area contributed by atoms with Gasteiger partial charge in [0.05, 0.1) is 5.16 Å². The van der Waals surface area contributed by atoms with Gasteiger partial charge < -0.3 is 22.1 Å². The molecule has 0 aromatic rings. The Balaban J connectivity index is 4.63. The Morgan fingerprint density at radius 3 is 1.43 bits per heavy atom. The van der Waals surface area contributed by atoms with Gasteiger partial charge in [0.2, 0.25) is 0 Å². The molecule has 1 atom stereocenters. The first-order chi connectivity index (χ1) is 6.61. The van der Waals surface area contributed by atoms with Crippen molar-refractivity contribution >= 4 is 18.1 Å². The molecule has 0 fully saturated rings. The molecule has 0 saturated carbocycles. The molecular formula is C7H19O5Si2. The van der Waals surface area contributed by atoms with E-state index in [1.807, 2.05) is 6.92 Å². The van der Waals surface area contributed by atoms with E-state index >= 15 is 0 Å². The average Bonchev–Trinajstić information content (AvgIpc) is 2.23. The summed E-state index contributed by atoms with van der Waals surface area (Å²) in [6.07, 6.45) is 0. The average molecular weight is 239 g/mol. The van der Waals surface area contributed by atoms with Gasteiger partial charge in [0.25, 0.3) is 0 Å². The molecule has 0 aliphatic heterocycles. The summed E-state index contributed by atoms with van der Waals surface area (Å²) in [7, 11) is 3.95. The molecule has 14 heavy (non-hydrogen) atoms. The van der Waals surface area contributed by atoms with Gasteiger partial charge in [0, 0.05) is 35.5 Å². The highest BCUT2D eigenvalue weighted by Crippen LogP contribution is 2.26. The SMILES string of the molecule is CO[Si](OC)C(C)[Si](OC)(OC)OC. The maximum absolute atomic E-state index is 5.34. The van der Waals surface area contributed by atoms with Crippen LogP contribution in [0.5, 0.6) is 0 Å². The first kappa shape index (κ1) is 14.2. The van der Waals surface area contributed by atoms with Crippen LogP contribution in [0.1, 0.15) is 6.92 Å². The monoisotopic (exact) mass is 239 g/mol. The fraction of sp³-hybridized carbons (Fsp3) is 1.00. The van der Waals surface area contributed by atoms with Gasteiger partial charge in [-0.25, -0.2) is 0 Å². The van der Waals surface area contributed by atoms with E-state index in [-0.39, 0.29) is 5.16 Å². The molecule has 0 aromatic carbocycles. The number of hydrogen-bond donors (Lipinski definition) is 0.